The van der Waals surface area contributed by atoms with Crippen LogP contribution >= 0.6 is 0 Å². The maximum Gasteiger partial charge on any atom is 0.353 e. The quantitative estimate of drug-likeness (QED) is 0.661. The number of hydrogen-bond donors (Lipinski definition) is 3. The monoisotopic (exact) mass is 259 g/mol. The number of hydrogen-bond acceptors (Lipinski definition) is 2. The highest BCUT2D eigenvalue weighted by Gasteiger charge is 2.13. The molecule has 0 radical (unpaired) electrons. The largest absolute Gasteiger partial charge is 0.477 e. The summed E-state index contributed by atoms with van der Waals surface area (Å²) in [5.41, 5.74) is 2.27. The highest BCUT2D eigenvalue weighted by molar-refractivity contribution is 5.90. The van der Waals surface area contributed by atoms with Gasteiger partial charge in [-0.3, -0.25) is 5.10 Å². The van der Waals surface area contributed by atoms with E-state index in [4.69, 9.17) is 5.11 Å². The molecule has 0 unspecified atom stereocenters. The molecular formula is C13H10FN3O2. The molecule has 3 aromatic rings. The van der Waals surface area contributed by atoms with Crippen molar-refractivity contribution in [3.05, 3.63) is 41.5 Å². The van der Waals surface area contributed by atoms with Gasteiger partial charge in [-0.1, -0.05) is 0 Å². The van der Waals surface area contributed by atoms with Gasteiger partial charge < -0.3 is 10.1 Å². The zero-order valence-corrected chi connectivity index (χ0v) is 9.99. The zero-order valence-electron chi connectivity index (χ0n) is 9.99. The summed E-state index contributed by atoms with van der Waals surface area (Å²) in [5.74, 6) is -1.49. The van der Waals surface area contributed by atoms with Crippen LogP contribution in [-0.2, 0) is 0 Å². The molecule has 0 spiro atoms. The molecule has 1 aromatic carbocycles. The second-order valence-electron chi connectivity index (χ2n) is 4.32. The fourth-order valence-corrected chi connectivity index (χ4v) is 2.05. The van der Waals surface area contributed by atoms with Gasteiger partial charge >= 0.3 is 5.97 Å². The Bertz CT molecular complexity index is 788. The van der Waals surface area contributed by atoms with Crippen LogP contribution in [-0.4, -0.2) is 26.3 Å². The summed E-state index contributed by atoms with van der Waals surface area (Å²) in [6.07, 6.45) is 1.73. The van der Waals surface area contributed by atoms with E-state index in [0.29, 0.717) is 16.8 Å². The van der Waals surface area contributed by atoms with Crippen molar-refractivity contribution in [3.63, 3.8) is 0 Å². The van der Waals surface area contributed by atoms with Crippen LogP contribution in [0.1, 0.15) is 16.1 Å². The summed E-state index contributed by atoms with van der Waals surface area (Å²) in [6, 6.07) is 4.50. The van der Waals surface area contributed by atoms with Gasteiger partial charge in [0.05, 0.1) is 11.2 Å². The molecule has 0 saturated heterocycles. The second-order valence-corrected chi connectivity index (χ2v) is 4.32. The van der Waals surface area contributed by atoms with Crippen molar-refractivity contribution >= 4 is 16.9 Å². The molecule has 96 valence electrons. The van der Waals surface area contributed by atoms with Gasteiger partial charge in [-0.25, -0.2) is 9.18 Å². The van der Waals surface area contributed by atoms with Crippen molar-refractivity contribution < 1.29 is 14.3 Å². The van der Waals surface area contributed by atoms with Gasteiger partial charge in [0, 0.05) is 17.1 Å². The molecule has 6 heteroatoms. The second kappa shape index (κ2) is 3.94. The normalized spacial score (nSPS) is 11.1. The van der Waals surface area contributed by atoms with Gasteiger partial charge in [-0.2, -0.15) is 5.10 Å². The van der Waals surface area contributed by atoms with Crippen LogP contribution in [0, 0.1) is 12.7 Å². The topological polar surface area (TPSA) is 81.8 Å². The molecule has 2 aromatic heterocycles. The van der Waals surface area contributed by atoms with E-state index in [1.807, 2.05) is 6.92 Å². The molecule has 0 amide bonds. The molecule has 3 N–H and O–H groups in total. The van der Waals surface area contributed by atoms with Crippen molar-refractivity contribution in [2.24, 2.45) is 0 Å². The summed E-state index contributed by atoms with van der Waals surface area (Å²) in [5, 5.41) is 15.9. The molecule has 0 atom stereocenters. The summed E-state index contributed by atoms with van der Waals surface area (Å²) >= 11 is 0. The van der Waals surface area contributed by atoms with Gasteiger partial charge in [0.25, 0.3) is 0 Å². The number of carbonyl (C=O) groups is 1. The summed E-state index contributed by atoms with van der Waals surface area (Å²) in [7, 11) is 0. The SMILES string of the molecule is Cc1c[nH]c2c(F)cc(-c3cc(C(=O)O)[nH]n3)cc12. The third kappa shape index (κ3) is 1.77. The lowest BCUT2D eigenvalue weighted by Crippen LogP contribution is -1.95. The number of carboxylic acid groups (broad SMARTS) is 1. The first kappa shape index (κ1) is 11.5. The average Bonchev–Trinajstić information content (AvgIpc) is 2.97. The van der Waals surface area contributed by atoms with Crippen LogP contribution in [0.15, 0.2) is 24.4 Å². The van der Waals surface area contributed by atoms with Gasteiger partial charge in [-0.15, -0.1) is 0 Å². The van der Waals surface area contributed by atoms with E-state index in [2.05, 4.69) is 15.2 Å². The van der Waals surface area contributed by atoms with Crippen LogP contribution in [0.2, 0.25) is 0 Å². The molecule has 3 rings (SSSR count). The lowest BCUT2D eigenvalue weighted by Gasteiger charge is -2.00. The number of aromatic nitrogens is 3. The third-order valence-corrected chi connectivity index (χ3v) is 3.05. The predicted octanol–water partition coefficient (Wildman–Crippen LogP) is 2.70. The van der Waals surface area contributed by atoms with Crippen molar-refractivity contribution in [1.82, 2.24) is 15.2 Å². The van der Waals surface area contributed by atoms with Crippen molar-refractivity contribution in [2.45, 2.75) is 6.92 Å². The number of H-pyrrole nitrogens is 2. The van der Waals surface area contributed by atoms with E-state index < -0.39 is 5.97 Å². The first-order valence-electron chi connectivity index (χ1n) is 5.62. The Morgan fingerprint density at radius 3 is 2.84 bits per heavy atom. The Balaban J connectivity index is 2.18. The number of nitrogens with zero attached hydrogens (tertiary/aromatic N) is 1. The van der Waals surface area contributed by atoms with Crippen molar-refractivity contribution in [1.29, 1.82) is 0 Å². The van der Waals surface area contributed by atoms with E-state index in [9.17, 15) is 9.18 Å². The number of carboxylic acids is 1. The Kier molecular flexibility index (Phi) is 2.38. The molecule has 19 heavy (non-hydrogen) atoms. The molecule has 2 heterocycles. The number of aryl methyl sites for hydroxylation is 1. The van der Waals surface area contributed by atoms with E-state index in [1.54, 1.807) is 12.3 Å². The third-order valence-electron chi connectivity index (χ3n) is 3.05. The number of benzene rings is 1. The van der Waals surface area contributed by atoms with Gasteiger partial charge in [0.15, 0.2) is 0 Å². The predicted molar refractivity (Wildman–Crippen MR) is 67.5 cm³/mol. The lowest BCUT2D eigenvalue weighted by atomic mass is 10.1. The van der Waals surface area contributed by atoms with Crippen LogP contribution in [0.25, 0.3) is 22.2 Å². The Labute approximate surface area is 107 Å². The highest BCUT2D eigenvalue weighted by atomic mass is 19.1. The van der Waals surface area contributed by atoms with Gasteiger partial charge in [0.1, 0.15) is 11.5 Å². The van der Waals surface area contributed by atoms with Crippen LogP contribution in [0.4, 0.5) is 4.39 Å². The van der Waals surface area contributed by atoms with Crippen LogP contribution in [0.3, 0.4) is 0 Å². The Hall–Kier alpha value is -2.63. The molecule has 0 aliphatic carbocycles. The average molecular weight is 259 g/mol. The number of rotatable bonds is 2. The van der Waals surface area contributed by atoms with Gasteiger partial charge in [0.2, 0.25) is 0 Å². The number of halogens is 1. The maximum atomic E-state index is 13.9. The standard InChI is InChI=1S/C13H10FN3O2/c1-6-5-15-12-8(6)2-7(3-9(12)14)10-4-11(13(18)19)17-16-10/h2-5,15H,1H3,(H,16,17)(H,18,19). The minimum absolute atomic E-state index is 0.0266. The van der Waals surface area contributed by atoms with Crippen molar-refractivity contribution in [3.8, 4) is 11.3 Å². The van der Waals surface area contributed by atoms with Crippen LogP contribution < -0.4 is 0 Å². The van der Waals surface area contributed by atoms with E-state index >= 15 is 0 Å². The Morgan fingerprint density at radius 1 is 1.37 bits per heavy atom. The van der Waals surface area contributed by atoms with Crippen LogP contribution in [0.5, 0.6) is 0 Å². The van der Waals surface area contributed by atoms with E-state index in [-0.39, 0.29) is 11.5 Å². The Morgan fingerprint density at radius 2 is 2.16 bits per heavy atom. The summed E-state index contributed by atoms with van der Waals surface area (Å²) < 4.78 is 13.9. The number of aromatic amines is 2. The van der Waals surface area contributed by atoms with Gasteiger partial charge in [-0.05, 0) is 30.7 Å². The molecule has 0 bridgehead atoms. The van der Waals surface area contributed by atoms with E-state index in [1.165, 1.54) is 12.1 Å². The minimum atomic E-state index is -1.10. The number of aromatic carboxylic acids is 1. The molecule has 0 fully saturated rings. The maximum absolute atomic E-state index is 13.9. The first-order chi connectivity index (χ1) is 9.06. The number of nitrogens with one attached hydrogen (secondary N) is 2. The number of fused-ring (bicyclic) bond motifs is 1. The molecular weight excluding hydrogens is 249 g/mol. The van der Waals surface area contributed by atoms with E-state index in [0.717, 1.165) is 10.9 Å². The molecule has 0 aliphatic rings. The molecule has 0 saturated carbocycles. The fraction of sp³-hybridized carbons (Fsp3) is 0.0769. The summed E-state index contributed by atoms with van der Waals surface area (Å²) in [6.45, 7) is 1.87. The highest BCUT2D eigenvalue weighted by Crippen LogP contribution is 2.27. The molecule has 5 nitrogen and oxygen atoms in total. The zero-order chi connectivity index (χ0) is 13.6. The lowest BCUT2D eigenvalue weighted by molar-refractivity contribution is 0.0690. The molecule has 0 aliphatic heterocycles. The van der Waals surface area contributed by atoms with Crippen molar-refractivity contribution in [2.75, 3.05) is 0 Å². The fourth-order valence-electron chi connectivity index (χ4n) is 2.05. The first-order valence-corrected chi connectivity index (χ1v) is 5.62. The smallest absolute Gasteiger partial charge is 0.353 e. The summed E-state index contributed by atoms with van der Waals surface area (Å²) in [4.78, 5) is 13.6. The minimum Gasteiger partial charge on any atom is -0.477 e.